The number of nitrogens with zero attached hydrogens (tertiary/aromatic N) is 1. The van der Waals surface area contributed by atoms with Gasteiger partial charge in [-0.1, -0.05) is 41.9 Å². The summed E-state index contributed by atoms with van der Waals surface area (Å²) in [5.41, 5.74) is 1.70. The third kappa shape index (κ3) is 3.70. The maximum absolute atomic E-state index is 12.5. The van der Waals surface area contributed by atoms with Crippen LogP contribution >= 0.6 is 15.9 Å². The van der Waals surface area contributed by atoms with Crippen LogP contribution in [0.2, 0.25) is 0 Å². The molecule has 0 saturated heterocycles. The lowest BCUT2D eigenvalue weighted by atomic mass is 10.1. The van der Waals surface area contributed by atoms with Crippen molar-refractivity contribution in [1.29, 1.82) is 0 Å². The lowest BCUT2D eigenvalue weighted by Crippen LogP contribution is -2.33. The zero-order chi connectivity index (χ0) is 18.8. The van der Waals surface area contributed by atoms with Gasteiger partial charge in [-0.15, -0.1) is 0 Å². The van der Waals surface area contributed by atoms with Crippen LogP contribution in [0.3, 0.4) is 0 Å². The number of fused-ring (bicyclic) bond motifs is 1. The number of hydrogen-bond acceptors (Lipinski definition) is 4. The molecule has 2 aromatic rings. The second kappa shape index (κ2) is 7.41. The van der Waals surface area contributed by atoms with Crippen LogP contribution in [0, 0.1) is 5.92 Å². The van der Waals surface area contributed by atoms with Crippen LogP contribution in [0.25, 0.3) is 0 Å². The van der Waals surface area contributed by atoms with Crippen molar-refractivity contribution in [3.8, 4) is 0 Å². The molecule has 0 bridgehead atoms. The van der Waals surface area contributed by atoms with E-state index in [-0.39, 0.29) is 35.5 Å². The first-order valence-electron chi connectivity index (χ1n) is 8.28. The first-order chi connectivity index (χ1) is 12.4. The van der Waals surface area contributed by atoms with Gasteiger partial charge >= 0.3 is 5.97 Å². The summed E-state index contributed by atoms with van der Waals surface area (Å²) in [6, 6.07) is 11.9. The van der Waals surface area contributed by atoms with Crippen molar-refractivity contribution in [3.63, 3.8) is 0 Å². The summed E-state index contributed by atoms with van der Waals surface area (Å²) in [6.07, 6.45) is 0. The molecule has 0 unspecified atom stereocenters. The maximum atomic E-state index is 12.5. The highest BCUT2D eigenvalue weighted by Crippen LogP contribution is 2.25. The number of esters is 1. The lowest BCUT2D eigenvalue weighted by molar-refractivity contribution is 0.0472. The van der Waals surface area contributed by atoms with E-state index in [0.717, 1.165) is 10.0 Å². The average Bonchev–Trinajstić information content (AvgIpc) is 2.84. The largest absolute Gasteiger partial charge is 0.457 e. The predicted molar refractivity (Wildman–Crippen MR) is 99.9 cm³/mol. The lowest BCUT2D eigenvalue weighted by Gasteiger charge is -2.15. The summed E-state index contributed by atoms with van der Waals surface area (Å²) in [6.45, 7) is 4.36. The Hall–Kier alpha value is -2.47. The van der Waals surface area contributed by atoms with Gasteiger partial charge in [-0.05, 0) is 41.8 Å². The van der Waals surface area contributed by atoms with E-state index < -0.39 is 5.97 Å². The summed E-state index contributed by atoms with van der Waals surface area (Å²) in [4.78, 5) is 38.4. The van der Waals surface area contributed by atoms with Gasteiger partial charge in [0, 0.05) is 11.0 Å². The molecule has 0 aliphatic carbocycles. The molecule has 1 aliphatic rings. The quantitative estimate of drug-likeness (QED) is 0.545. The van der Waals surface area contributed by atoms with Crippen LogP contribution in [0.15, 0.2) is 46.9 Å². The van der Waals surface area contributed by atoms with Gasteiger partial charge in [0.15, 0.2) is 0 Å². The van der Waals surface area contributed by atoms with Crippen LogP contribution in [0.1, 0.15) is 50.5 Å². The van der Waals surface area contributed by atoms with Gasteiger partial charge in [0.05, 0.1) is 16.7 Å². The van der Waals surface area contributed by atoms with Crippen molar-refractivity contribution in [1.82, 2.24) is 4.90 Å². The number of ether oxygens (including phenoxy) is 1. The average molecular weight is 416 g/mol. The van der Waals surface area contributed by atoms with E-state index in [2.05, 4.69) is 15.9 Å². The normalized spacial score (nSPS) is 13.3. The molecular weight excluding hydrogens is 398 g/mol. The summed E-state index contributed by atoms with van der Waals surface area (Å²) in [5.74, 6) is -1.03. The Labute approximate surface area is 160 Å². The van der Waals surface area contributed by atoms with Crippen LogP contribution in [0.5, 0.6) is 0 Å². The van der Waals surface area contributed by atoms with Crippen molar-refractivity contribution >= 4 is 33.7 Å². The van der Waals surface area contributed by atoms with Gasteiger partial charge in [0.25, 0.3) is 11.8 Å². The summed E-state index contributed by atoms with van der Waals surface area (Å²) >= 11 is 3.37. The molecule has 1 aliphatic heterocycles. The molecule has 0 N–H and O–H groups in total. The highest BCUT2D eigenvalue weighted by Gasteiger charge is 2.36. The molecule has 0 aromatic heterocycles. The molecule has 0 fully saturated rings. The van der Waals surface area contributed by atoms with E-state index in [1.165, 1.54) is 23.1 Å². The van der Waals surface area contributed by atoms with Gasteiger partial charge in [-0.2, -0.15) is 0 Å². The molecule has 0 spiro atoms. The van der Waals surface area contributed by atoms with Crippen molar-refractivity contribution in [2.45, 2.75) is 20.5 Å². The molecule has 2 amide bonds. The molecule has 0 radical (unpaired) electrons. The highest BCUT2D eigenvalue weighted by atomic mass is 79.9. The number of halogens is 1. The standard InChI is InChI=1S/C20H18BrNO4/c1-12(2)10-22-18(23)16-7-6-14(9-17(16)19(22)24)20(25)26-11-13-4-3-5-15(21)8-13/h3-9,12H,10-11H2,1-2H3. The van der Waals surface area contributed by atoms with Gasteiger partial charge in [0.2, 0.25) is 0 Å². The fourth-order valence-corrected chi connectivity index (χ4v) is 3.25. The van der Waals surface area contributed by atoms with Crippen LogP contribution < -0.4 is 0 Å². The van der Waals surface area contributed by atoms with E-state index in [4.69, 9.17) is 4.74 Å². The van der Waals surface area contributed by atoms with Crippen molar-refractivity contribution in [3.05, 3.63) is 69.2 Å². The van der Waals surface area contributed by atoms with Gasteiger partial charge < -0.3 is 4.74 Å². The Balaban J connectivity index is 1.75. The Kier molecular flexibility index (Phi) is 5.23. The predicted octanol–water partition coefficient (Wildman–Crippen LogP) is 4.06. The minimum atomic E-state index is -0.532. The number of carbonyl (C=O) groups is 3. The first-order valence-corrected chi connectivity index (χ1v) is 9.08. The zero-order valence-electron chi connectivity index (χ0n) is 14.5. The van der Waals surface area contributed by atoms with Crippen LogP contribution in [-0.4, -0.2) is 29.2 Å². The number of benzene rings is 2. The summed E-state index contributed by atoms with van der Waals surface area (Å²) in [7, 11) is 0. The molecule has 134 valence electrons. The minimum Gasteiger partial charge on any atom is -0.457 e. The molecular formula is C20H18BrNO4. The fourth-order valence-electron chi connectivity index (χ4n) is 2.81. The molecule has 0 atom stereocenters. The summed E-state index contributed by atoms with van der Waals surface area (Å²) in [5, 5.41) is 0. The molecule has 26 heavy (non-hydrogen) atoms. The topological polar surface area (TPSA) is 63.7 Å². The third-order valence-electron chi connectivity index (χ3n) is 4.01. The SMILES string of the molecule is CC(C)CN1C(=O)c2ccc(C(=O)OCc3cccc(Br)c3)cc2C1=O. The molecule has 2 aromatic carbocycles. The molecule has 6 heteroatoms. The number of rotatable bonds is 5. The van der Waals surface area contributed by atoms with Crippen molar-refractivity contribution in [2.24, 2.45) is 5.92 Å². The van der Waals surface area contributed by atoms with Gasteiger partial charge in [-0.3, -0.25) is 14.5 Å². The van der Waals surface area contributed by atoms with E-state index in [0.29, 0.717) is 12.1 Å². The Morgan fingerprint density at radius 1 is 1.08 bits per heavy atom. The fraction of sp³-hybridized carbons (Fsp3) is 0.250. The first kappa shape index (κ1) is 18.3. The number of imide groups is 1. The van der Waals surface area contributed by atoms with E-state index in [1.54, 1.807) is 0 Å². The molecule has 0 saturated carbocycles. The Bertz CT molecular complexity index is 891. The van der Waals surface area contributed by atoms with Gasteiger partial charge in [0.1, 0.15) is 6.61 Å². The highest BCUT2D eigenvalue weighted by molar-refractivity contribution is 9.10. The number of carbonyl (C=O) groups excluding carboxylic acids is 3. The van der Waals surface area contributed by atoms with E-state index in [9.17, 15) is 14.4 Å². The third-order valence-corrected chi connectivity index (χ3v) is 4.51. The summed E-state index contributed by atoms with van der Waals surface area (Å²) < 4.78 is 6.21. The van der Waals surface area contributed by atoms with Crippen molar-refractivity contribution < 1.29 is 19.1 Å². The monoisotopic (exact) mass is 415 g/mol. The minimum absolute atomic E-state index is 0.127. The Morgan fingerprint density at radius 3 is 2.50 bits per heavy atom. The molecule has 3 rings (SSSR count). The van der Waals surface area contributed by atoms with Crippen molar-refractivity contribution in [2.75, 3.05) is 6.54 Å². The van der Waals surface area contributed by atoms with Gasteiger partial charge in [-0.25, -0.2) is 4.79 Å². The molecule has 5 nitrogen and oxygen atoms in total. The number of hydrogen-bond donors (Lipinski definition) is 0. The smallest absolute Gasteiger partial charge is 0.338 e. The van der Waals surface area contributed by atoms with Crippen LogP contribution in [-0.2, 0) is 11.3 Å². The van der Waals surface area contributed by atoms with E-state index in [1.807, 2.05) is 38.1 Å². The second-order valence-corrected chi connectivity index (χ2v) is 7.50. The Morgan fingerprint density at radius 2 is 1.81 bits per heavy atom. The van der Waals surface area contributed by atoms with Crippen LogP contribution in [0.4, 0.5) is 0 Å². The second-order valence-electron chi connectivity index (χ2n) is 6.58. The zero-order valence-corrected chi connectivity index (χ0v) is 16.1. The maximum Gasteiger partial charge on any atom is 0.338 e. The van der Waals surface area contributed by atoms with E-state index >= 15 is 0 Å². The molecule has 1 heterocycles. The number of amides is 2.